The van der Waals surface area contributed by atoms with Crippen LogP contribution < -0.4 is 15.0 Å². The van der Waals surface area contributed by atoms with Crippen molar-refractivity contribution in [3.8, 4) is 5.75 Å². The maximum absolute atomic E-state index is 12.2. The molecule has 0 aliphatic carbocycles. The van der Waals surface area contributed by atoms with Gasteiger partial charge in [0.1, 0.15) is 5.75 Å². The van der Waals surface area contributed by atoms with E-state index in [1.165, 1.54) is 24.3 Å². The van der Waals surface area contributed by atoms with Gasteiger partial charge in [-0.05, 0) is 42.5 Å². The summed E-state index contributed by atoms with van der Waals surface area (Å²) in [5.74, 6) is -0.496. The van der Waals surface area contributed by atoms with Crippen molar-refractivity contribution in [2.75, 3.05) is 30.4 Å². The number of rotatable bonds is 7. The Morgan fingerprint density at radius 3 is 2.58 bits per heavy atom. The number of benzene rings is 2. The minimum atomic E-state index is -2.94. The summed E-state index contributed by atoms with van der Waals surface area (Å²) in [4.78, 5) is 14.0. The fourth-order valence-corrected chi connectivity index (χ4v) is 2.10. The quantitative estimate of drug-likeness (QED) is 0.816. The lowest BCUT2D eigenvalue weighted by Gasteiger charge is -2.18. The molecule has 0 radical (unpaired) electrons. The van der Waals surface area contributed by atoms with Gasteiger partial charge in [-0.15, -0.1) is 0 Å². The molecule has 24 heavy (non-hydrogen) atoms. The number of carbonyl (C=O) groups excluding carboxylic acids is 1. The summed E-state index contributed by atoms with van der Waals surface area (Å²) in [6, 6.07) is 12.7. The summed E-state index contributed by atoms with van der Waals surface area (Å²) >= 11 is 0. The van der Waals surface area contributed by atoms with Crippen molar-refractivity contribution in [2.45, 2.75) is 6.61 Å². The predicted octanol–water partition coefficient (Wildman–Crippen LogP) is 2.97. The molecule has 0 unspecified atom stereocenters. The second-order valence-corrected chi connectivity index (χ2v) is 5.05. The van der Waals surface area contributed by atoms with Crippen LogP contribution in [-0.2, 0) is 0 Å². The Morgan fingerprint density at radius 1 is 1.25 bits per heavy atom. The molecule has 2 rings (SSSR count). The number of hydrogen-bond donors (Lipinski definition) is 2. The molecular formula is C17H18F2N2O3. The molecule has 1 amide bonds. The molecule has 0 heterocycles. The second kappa shape index (κ2) is 8.26. The van der Waals surface area contributed by atoms with Crippen LogP contribution in [0.5, 0.6) is 5.75 Å². The summed E-state index contributed by atoms with van der Waals surface area (Å²) < 4.78 is 28.7. The highest BCUT2D eigenvalue weighted by atomic mass is 19.3. The fraction of sp³-hybridized carbons (Fsp3) is 0.235. The first kappa shape index (κ1) is 17.7. The lowest BCUT2D eigenvalue weighted by molar-refractivity contribution is -0.0498. The van der Waals surface area contributed by atoms with Gasteiger partial charge in [-0.3, -0.25) is 4.79 Å². The number of anilines is 2. The van der Waals surface area contributed by atoms with Crippen molar-refractivity contribution in [3.63, 3.8) is 0 Å². The van der Waals surface area contributed by atoms with E-state index in [-0.39, 0.29) is 17.9 Å². The zero-order valence-corrected chi connectivity index (χ0v) is 13.1. The summed E-state index contributed by atoms with van der Waals surface area (Å²) in [5, 5.41) is 11.6. The van der Waals surface area contributed by atoms with Crippen LogP contribution in [0.25, 0.3) is 0 Å². The molecule has 0 saturated heterocycles. The minimum absolute atomic E-state index is 0.0476. The Balaban J connectivity index is 2.04. The predicted molar refractivity (Wildman–Crippen MR) is 87.8 cm³/mol. The number of carbonyl (C=O) groups is 1. The van der Waals surface area contributed by atoms with Gasteiger partial charge in [0.25, 0.3) is 5.91 Å². The van der Waals surface area contributed by atoms with Crippen LogP contribution in [0, 0.1) is 0 Å². The Hall–Kier alpha value is -2.67. The average molecular weight is 336 g/mol. The molecule has 0 aliphatic heterocycles. The van der Waals surface area contributed by atoms with Gasteiger partial charge in [0.2, 0.25) is 0 Å². The van der Waals surface area contributed by atoms with Gasteiger partial charge in [-0.25, -0.2) is 0 Å². The number of alkyl halides is 2. The third kappa shape index (κ3) is 4.92. The Labute approximate surface area is 138 Å². The van der Waals surface area contributed by atoms with Crippen LogP contribution in [0.15, 0.2) is 48.5 Å². The Bertz CT molecular complexity index is 678. The van der Waals surface area contributed by atoms with E-state index in [0.717, 1.165) is 5.69 Å². The largest absolute Gasteiger partial charge is 0.435 e. The third-order valence-corrected chi connectivity index (χ3v) is 3.32. The highest BCUT2D eigenvalue weighted by Crippen LogP contribution is 2.19. The number of aliphatic hydroxyl groups excluding tert-OH is 1. The van der Waals surface area contributed by atoms with Crippen molar-refractivity contribution in [1.82, 2.24) is 0 Å². The summed E-state index contributed by atoms with van der Waals surface area (Å²) in [5.41, 5.74) is 1.69. The van der Waals surface area contributed by atoms with Crippen LogP contribution in [0.4, 0.5) is 20.2 Å². The van der Waals surface area contributed by atoms with Crippen molar-refractivity contribution in [2.24, 2.45) is 0 Å². The fourth-order valence-electron chi connectivity index (χ4n) is 2.10. The molecule has 128 valence electrons. The van der Waals surface area contributed by atoms with E-state index in [2.05, 4.69) is 10.1 Å². The monoisotopic (exact) mass is 336 g/mol. The zero-order valence-electron chi connectivity index (χ0n) is 13.1. The minimum Gasteiger partial charge on any atom is -0.435 e. The van der Waals surface area contributed by atoms with Gasteiger partial charge >= 0.3 is 6.61 Å². The number of hydrogen-bond acceptors (Lipinski definition) is 4. The lowest BCUT2D eigenvalue weighted by atomic mass is 10.2. The first-order valence-electron chi connectivity index (χ1n) is 7.28. The molecule has 0 spiro atoms. The van der Waals surface area contributed by atoms with Gasteiger partial charge in [0.15, 0.2) is 0 Å². The number of aliphatic hydroxyl groups is 1. The van der Waals surface area contributed by atoms with Crippen LogP contribution in [0.1, 0.15) is 10.4 Å². The summed E-state index contributed by atoms with van der Waals surface area (Å²) in [7, 11) is 1.85. The maximum atomic E-state index is 12.2. The van der Waals surface area contributed by atoms with E-state index in [0.29, 0.717) is 12.2 Å². The molecule has 0 atom stereocenters. The maximum Gasteiger partial charge on any atom is 0.387 e. The molecular weight excluding hydrogens is 318 g/mol. The number of halogens is 2. The Morgan fingerprint density at radius 2 is 1.96 bits per heavy atom. The van der Waals surface area contributed by atoms with Gasteiger partial charge in [0, 0.05) is 30.5 Å². The molecule has 0 saturated carbocycles. The summed E-state index contributed by atoms with van der Waals surface area (Å²) in [6.07, 6.45) is 0. The zero-order chi connectivity index (χ0) is 17.5. The average Bonchev–Trinajstić information content (AvgIpc) is 2.55. The first-order valence-corrected chi connectivity index (χ1v) is 7.28. The van der Waals surface area contributed by atoms with Gasteiger partial charge in [-0.2, -0.15) is 8.78 Å². The number of nitrogens with one attached hydrogen (secondary N) is 1. The normalized spacial score (nSPS) is 10.5. The van der Waals surface area contributed by atoms with Crippen molar-refractivity contribution in [1.29, 1.82) is 0 Å². The van der Waals surface area contributed by atoms with Gasteiger partial charge in [-0.1, -0.05) is 6.07 Å². The lowest BCUT2D eigenvalue weighted by Crippen LogP contribution is -2.21. The van der Waals surface area contributed by atoms with E-state index in [4.69, 9.17) is 5.11 Å². The molecule has 0 bridgehead atoms. The number of nitrogens with zero attached hydrogens (tertiary/aromatic N) is 1. The van der Waals surface area contributed by atoms with Crippen molar-refractivity contribution < 1.29 is 23.4 Å². The molecule has 2 aromatic rings. The van der Waals surface area contributed by atoms with Crippen molar-refractivity contribution in [3.05, 3.63) is 54.1 Å². The van der Waals surface area contributed by atoms with E-state index in [9.17, 15) is 13.6 Å². The first-order chi connectivity index (χ1) is 11.5. The van der Waals surface area contributed by atoms with E-state index in [1.807, 2.05) is 24.1 Å². The number of ether oxygens (including phenoxy) is 1. The van der Waals surface area contributed by atoms with Crippen LogP contribution in [-0.4, -0.2) is 37.8 Å². The van der Waals surface area contributed by atoms with Crippen LogP contribution in [0.3, 0.4) is 0 Å². The third-order valence-electron chi connectivity index (χ3n) is 3.32. The van der Waals surface area contributed by atoms with E-state index >= 15 is 0 Å². The molecule has 0 aromatic heterocycles. The topological polar surface area (TPSA) is 61.8 Å². The molecule has 2 aromatic carbocycles. The van der Waals surface area contributed by atoms with Gasteiger partial charge in [0.05, 0.1) is 6.61 Å². The molecule has 5 nitrogen and oxygen atoms in total. The molecule has 0 fully saturated rings. The molecule has 0 aliphatic rings. The van der Waals surface area contributed by atoms with E-state index in [1.54, 1.807) is 12.1 Å². The standard InChI is InChI=1S/C17H18F2N2O3/c1-21(9-10-22)14-7-5-13(6-8-14)20-16(23)12-3-2-4-15(11-12)24-17(18)19/h2-8,11,17,22H,9-10H2,1H3,(H,20,23). The van der Waals surface area contributed by atoms with Crippen LogP contribution in [0.2, 0.25) is 0 Å². The Kier molecular flexibility index (Phi) is 6.08. The highest BCUT2D eigenvalue weighted by Gasteiger charge is 2.10. The smallest absolute Gasteiger partial charge is 0.387 e. The van der Waals surface area contributed by atoms with Crippen LogP contribution >= 0.6 is 0 Å². The van der Waals surface area contributed by atoms with Crippen molar-refractivity contribution >= 4 is 17.3 Å². The van der Waals surface area contributed by atoms with Gasteiger partial charge < -0.3 is 20.1 Å². The number of amides is 1. The highest BCUT2D eigenvalue weighted by molar-refractivity contribution is 6.04. The number of likely N-dealkylation sites (N-methyl/N-ethyl adjacent to an activating group) is 1. The SMILES string of the molecule is CN(CCO)c1ccc(NC(=O)c2cccc(OC(F)F)c2)cc1. The molecule has 2 N–H and O–H groups in total. The molecule has 7 heteroatoms. The second-order valence-electron chi connectivity index (χ2n) is 5.05. The summed E-state index contributed by atoms with van der Waals surface area (Å²) in [6.45, 7) is -2.39. The van der Waals surface area contributed by atoms with E-state index < -0.39 is 12.5 Å².